The quantitative estimate of drug-likeness (QED) is 0.334. The molecule has 7 nitrogen and oxygen atoms in total. The van der Waals surface area contributed by atoms with Crippen LogP contribution < -0.4 is 9.61 Å². The second kappa shape index (κ2) is 8.73. The maximum atomic E-state index is 12.7. The van der Waals surface area contributed by atoms with Crippen LogP contribution in [0.1, 0.15) is 12.5 Å². The molecule has 0 atom stereocenters. The third-order valence-electron chi connectivity index (χ3n) is 4.46. The maximum Gasteiger partial charge on any atom is 0.339 e. The Morgan fingerprint density at radius 1 is 1.06 bits per heavy atom. The molecule has 0 unspecified atom stereocenters. The first-order valence-corrected chi connectivity index (χ1v) is 11.9. The number of benzene rings is 3. The molecule has 1 aliphatic rings. The van der Waals surface area contributed by atoms with Crippen LogP contribution in [0.15, 0.2) is 76.5 Å². The first kappa shape index (κ1) is 22.0. The summed E-state index contributed by atoms with van der Waals surface area (Å²) in [6, 6.07) is 18.5. The number of carbonyl (C=O) groups excluding carboxylic acids is 2. The number of fused-ring (bicyclic) bond motifs is 1. The number of carbonyl (C=O) groups is 2. The summed E-state index contributed by atoms with van der Waals surface area (Å²) in [5, 5.41) is 2.74. The van der Waals surface area contributed by atoms with Gasteiger partial charge in [0.1, 0.15) is 10.6 Å². The van der Waals surface area contributed by atoms with Crippen molar-refractivity contribution in [1.29, 1.82) is 0 Å². The van der Waals surface area contributed by atoms with Gasteiger partial charge >= 0.3 is 10.1 Å². The summed E-state index contributed by atoms with van der Waals surface area (Å²) in [6.07, 6.45) is 1.60. The van der Waals surface area contributed by atoms with Gasteiger partial charge in [0, 0.05) is 6.92 Å². The molecule has 0 aromatic heterocycles. The van der Waals surface area contributed by atoms with E-state index < -0.39 is 21.9 Å². The van der Waals surface area contributed by atoms with Crippen LogP contribution in [0.3, 0.4) is 0 Å². The highest BCUT2D eigenvalue weighted by molar-refractivity contribution is 8.26. The highest BCUT2D eigenvalue weighted by Gasteiger charge is 2.33. The molecule has 10 heteroatoms. The molecule has 3 aromatic rings. The first-order valence-electron chi connectivity index (χ1n) is 9.31. The molecule has 0 saturated carbocycles. The van der Waals surface area contributed by atoms with Crippen LogP contribution in [0.25, 0.3) is 16.8 Å². The number of nitrogens with one attached hydrogen (secondary N) is 1. The van der Waals surface area contributed by atoms with Gasteiger partial charge in [0.15, 0.2) is 4.32 Å². The number of hydrazine groups is 1. The number of rotatable bonds is 5. The Labute approximate surface area is 194 Å². The van der Waals surface area contributed by atoms with E-state index in [4.69, 9.17) is 16.4 Å². The van der Waals surface area contributed by atoms with Crippen LogP contribution in [0, 0.1) is 0 Å². The highest BCUT2D eigenvalue weighted by atomic mass is 32.2. The van der Waals surface area contributed by atoms with Gasteiger partial charge in [-0.25, -0.2) is 0 Å². The molecule has 162 valence electrons. The van der Waals surface area contributed by atoms with Crippen molar-refractivity contribution in [2.45, 2.75) is 11.8 Å². The molecular formula is C22H16N2O5S3. The van der Waals surface area contributed by atoms with E-state index in [0.29, 0.717) is 10.5 Å². The standard InChI is InChI=1S/C22H16N2O5S3/c1-14(25)23-24-21(26)20(31-22(24)30)12-15-6-9-18(10-7-15)29-32(27,28)19-11-8-16-4-2-3-5-17(16)13-19/h2-13H,1H3,(H,23,25)/b20-12-. The van der Waals surface area contributed by atoms with Crippen LogP contribution in [0.4, 0.5) is 0 Å². The number of thiocarbonyl (C=S) groups is 1. The molecule has 1 fully saturated rings. The van der Waals surface area contributed by atoms with Gasteiger partial charge in [-0.05, 0) is 58.9 Å². The summed E-state index contributed by atoms with van der Waals surface area (Å²) >= 11 is 6.17. The molecule has 1 heterocycles. The van der Waals surface area contributed by atoms with Crippen molar-refractivity contribution in [2.75, 3.05) is 0 Å². The van der Waals surface area contributed by atoms with Crippen molar-refractivity contribution in [3.05, 3.63) is 77.2 Å². The molecule has 1 N–H and O–H groups in total. The average molecular weight is 485 g/mol. The summed E-state index contributed by atoms with van der Waals surface area (Å²) < 4.78 is 30.8. The van der Waals surface area contributed by atoms with E-state index in [0.717, 1.165) is 27.5 Å². The summed E-state index contributed by atoms with van der Waals surface area (Å²) in [5.74, 6) is -0.702. The Morgan fingerprint density at radius 3 is 2.44 bits per heavy atom. The van der Waals surface area contributed by atoms with E-state index in [9.17, 15) is 18.0 Å². The highest BCUT2D eigenvalue weighted by Crippen LogP contribution is 2.32. The minimum absolute atomic E-state index is 0.0573. The number of nitrogens with zero attached hydrogens (tertiary/aromatic N) is 1. The topological polar surface area (TPSA) is 92.8 Å². The number of hydrogen-bond acceptors (Lipinski definition) is 7. The van der Waals surface area contributed by atoms with Gasteiger partial charge in [0.25, 0.3) is 5.91 Å². The summed E-state index contributed by atoms with van der Waals surface area (Å²) in [4.78, 5) is 24.0. The second-order valence-electron chi connectivity index (χ2n) is 6.80. The zero-order chi connectivity index (χ0) is 22.9. The lowest BCUT2D eigenvalue weighted by Gasteiger charge is -2.13. The van der Waals surface area contributed by atoms with E-state index >= 15 is 0 Å². The molecule has 3 aromatic carbocycles. The van der Waals surface area contributed by atoms with Gasteiger partial charge < -0.3 is 4.18 Å². The van der Waals surface area contributed by atoms with Crippen molar-refractivity contribution in [2.24, 2.45) is 0 Å². The van der Waals surface area contributed by atoms with E-state index in [1.807, 2.05) is 24.3 Å². The van der Waals surface area contributed by atoms with Gasteiger partial charge in [-0.1, -0.05) is 54.2 Å². The molecular weight excluding hydrogens is 468 g/mol. The molecule has 1 saturated heterocycles. The normalized spacial score (nSPS) is 15.4. The van der Waals surface area contributed by atoms with Crippen molar-refractivity contribution < 1.29 is 22.2 Å². The Morgan fingerprint density at radius 2 is 1.75 bits per heavy atom. The van der Waals surface area contributed by atoms with Crippen LogP contribution in [0.5, 0.6) is 5.75 Å². The molecule has 0 spiro atoms. The zero-order valence-electron chi connectivity index (χ0n) is 16.6. The Hall–Kier alpha value is -3.21. The molecule has 0 bridgehead atoms. The summed E-state index contributed by atoms with van der Waals surface area (Å²) in [7, 11) is -4.01. The monoisotopic (exact) mass is 484 g/mol. The Balaban J connectivity index is 1.51. The van der Waals surface area contributed by atoms with Gasteiger partial charge in [-0.3, -0.25) is 15.0 Å². The second-order valence-corrected chi connectivity index (χ2v) is 10.0. The fourth-order valence-electron chi connectivity index (χ4n) is 2.99. The Bertz CT molecular complexity index is 1380. The van der Waals surface area contributed by atoms with Crippen molar-refractivity contribution >= 4 is 67.1 Å². The molecule has 32 heavy (non-hydrogen) atoms. The molecule has 0 radical (unpaired) electrons. The van der Waals surface area contributed by atoms with Gasteiger partial charge in [0.2, 0.25) is 5.91 Å². The van der Waals surface area contributed by atoms with Gasteiger partial charge in [-0.2, -0.15) is 13.4 Å². The minimum atomic E-state index is -4.01. The first-order chi connectivity index (χ1) is 15.2. The minimum Gasteiger partial charge on any atom is -0.379 e. The van der Waals surface area contributed by atoms with Crippen LogP contribution in [-0.4, -0.2) is 29.6 Å². The smallest absolute Gasteiger partial charge is 0.339 e. The predicted octanol–water partition coefficient (Wildman–Crippen LogP) is 3.86. The maximum absolute atomic E-state index is 12.7. The fourth-order valence-corrected chi connectivity index (χ4v) is 5.14. The number of amides is 2. The van der Waals surface area contributed by atoms with Crippen molar-refractivity contribution in [3.8, 4) is 5.75 Å². The van der Waals surface area contributed by atoms with Gasteiger partial charge in [-0.15, -0.1) is 0 Å². The van der Waals surface area contributed by atoms with Crippen LogP contribution in [-0.2, 0) is 19.7 Å². The molecule has 2 amide bonds. The fraction of sp³-hybridized carbons (Fsp3) is 0.0455. The van der Waals surface area contributed by atoms with Crippen molar-refractivity contribution in [1.82, 2.24) is 10.4 Å². The third-order valence-corrected chi connectivity index (χ3v) is 7.00. The van der Waals surface area contributed by atoms with E-state index in [-0.39, 0.29) is 15.0 Å². The lowest BCUT2D eigenvalue weighted by Crippen LogP contribution is -2.43. The van der Waals surface area contributed by atoms with E-state index in [1.54, 1.807) is 30.3 Å². The molecule has 0 aliphatic carbocycles. The summed E-state index contributed by atoms with van der Waals surface area (Å²) in [6.45, 7) is 1.28. The lowest BCUT2D eigenvalue weighted by molar-refractivity contribution is -0.131. The third kappa shape index (κ3) is 4.67. The molecule has 4 rings (SSSR count). The summed E-state index contributed by atoms with van der Waals surface area (Å²) in [5.41, 5.74) is 3.02. The lowest BCUT2D eigenvalue weighted by atomic mass is 10.1. The largest absolute Gasteiger partial charge is 0.379 e. The van der Waals surface area contributed by atoms with Crippen molar-refractivity contribution in [3.63, 3.8) is 0 Å². The number of thioether (sulfide) groups is 1. The van der Waals surface area contributed by atoms with E-state index in [1.165, 1.54) is 25.1 Å². The zero-order valence-corrected chi connectivity index (χ0v) is 19.1. The van der Waals surface area contributed by atoms with Gasteiger partial charge in [0.05, 0.1) is 4.91 Å². The SMILES string of the molecule is CC(=O)NN1C(=O)/C(=C/c2ccc(OS(=O)(=O)c3ccc4ccccc4c3)cc2)SC1=S. The van der Waals surface area contributed by atoms with Crippen LogP contribution >= 0.6 is 24.0 Å². The average Bonchev–Trinajstić information content (AvgIpc) is 3.01. The number of hydrogen-bond donors (Lipinski definition) is 1. The molecule has 1 aliphatic heterocycles. The Kier molecular flexibility index (Phi) is 6.00. The van der Waals surface area contributed by atoms with Crippen LogP contribution in [0.2, 0.25) is 0 Å². The predicted molar refractivity (Wildman–Crippen MR) is 127 cm³/mol. The van der Waals surface area contributed by atoms with E-state index in [2.05, 4.69) is 5.43 Å².